The van der Waals surface area contributed by atoms with Crippen molar-refractivity contribution in [1.29, 1.82) is 0 Å². The van der Waals surface area contributed by atoms with Gasteiger partial charge in [-0.15, -0.1) is 0 Å². The molecular weight excluding hydrogens is 292 g/mol. The van der Waals surface area contributed by atoms with Crippen LogP contribution in [0, 0.1) is 0 Å². The number of hydrogen-bond acceptors (Lipinski definition) is 3. The highest BCUT2D eigenvalue weighted by Gasteiger charge is 2.47. The van der Waals surface area contributed by atoms with Crippen LogP contribution >= 0.6 is 0 Å². The number of carbonyl (C=O) groups is 1. The van der Waals surface area contributed by atoms with Crippen LogP contribution < -0.4 is 4.74 Å². The van der Waals surface area contributed by atoms with Crippen molar-refractivity contribution in [3.8, 4) is 5.75 Å². The molecule has 0 bridgehead atoms. The van der Waals surface area contributed by atoms with E-state index in [1.807, 2.05) is 19.9 Å². The van der Waals surface area contributed by atoms with Gasteiger partial charge < -0.3 is 14.7 Å². The number of likely N-dealkylation sites (tertiary alicyclic amines) is 1. The zero-order valence-electron chi connectivity index (χ0n) is 12.6. The molecule has 0 radical (unpaired) electrons. The number of aliphatic hydroxyl groups excluding tert-OH is 1. The summed E-state index contributed by atoms with van der Waals surface area (Å²) in [4.78, 5) is 13.7. The van der Waals surface area contributed by atoms with E-state index in [4.69, 9.17) is 4.74 Å². The summed E-state index contributed by atoms with van der Waals surface area (Å²) in [5.41, 5.74) is 0.987. The van der Waals surface area contributed by atoms with Crippen molar-refractivity contribution in [3.05, 3.63) is 29.3 Å². The van der Waals surface area contributed by atoms with E-state index in [9.17, 15) is 18.7 Å². The molecule has 0 aliphatic carbocycles. The molecule has 2 aliphatic heterocycles. The highest BCUT2D eigenvalue weighted by atomic mass is 19.3. The third-order valence-electron chi connectivity index (χ3n) is 4.40. The maximum Gasteiger partial charge on any atom is 0.267 e. The molecule has 2 heterocycles. The maximum atomic E-state index is 13.6. The van der Waals surface area contributed by atoms with Gasteiger partial charge in [0.05, 0.1) is 31.4 Å². The average molecular weight is 311 g/mol. The van der Waals surface area contributed by atoms with Crippen LogP contribution in [0.2, 0.25) is 0 Å². The topological polar surface area (TPSA) is 49.8 Å². The fourth-order valence-electron chi connectivity index (χ4n) is 3.18. The number of hydrogen-bond donors (Lipinski definition) is 1. The summed E-state index contributed by atoms with van der Waals surface area (Å²) in [5, 5.41) is 9.28. The van der Waals surface area contributed by atoms with E-state index in [2.05, 4.69) is 0 Å². The molecular formula is C16H19F2NO3. The van der Waals surface area contributed by atoms with Gasteiger partial charge in [0.25, 0.3) is 11.8 Å². The highest BCUT2D eigenvalue weighted by molar-refractivity contribution is 5.98. The van der Waals surface area contributed by atoms with E-state index in [0.717, 1.165) is 10.5 Å². The van der Waals surface area contributed by atoms with Crippen molar-refractivity contribution in [1.82, 2.24) is 4.90 Å². The molecule has 22 heavy (non-hydrogen) atoms. The Hall–Kier alpha value is -1.69. The number of ether oxygens (including phenoxy) is 1. The third-order valence-corrected chi connectivity index (χ3v) is 4.40. The van der Waals surface area contributed by atoms with E-state index in [1.54, 1.807) is 12.1 Å². The van der Waals surface area contributed by atoms with Crippen LogP contribution in [0.25, 0.3) is 0 Å². The summed E-state index contributed by atoms with van der Waals surface area (Å²) in [6.45, 7) is 3.33. The standard InChI is InChI=1S/C16H19F2NO3/c1-15(2)9-22-13-11(4-3-5-12(13)15)14(21)19-8-16(17,18)6-10(19)7-20/h3-5,10,20H,6-9H2,1-2H3. The van der Waals surface area contributed by atoms with Crippen LogP contribution in [0.4, 0.5) is 8.78 Å². The first kappa shape index (κ1) is 15.2. The number of alkyl halides is 2. The third kappa shape index (κ3) is 2.35. The molecule has 6 heteroatoms. The minimum absolute atomic E-state index is 0.211. The largest absolute Gasteiger partial charge is 0.492 e. The summed E-state index contributed by atoms with van der Waals surface area (Å²) in [6.07, 6.45) is -0.503. The van der Waals surface area contributed by atoms with Gasteiger partial charge >= 0.3 is 0 Å². The normalized spacial score (nSPS) is 25.0. The number of carbonyl (C=O) groups excluding carboxylic acids is 1. The van der Waals surface area contributed by atoms with E-state index >= 15 is 0 Å². The maximum absolute atomic E-state index is 13.6. The van der Waals surface area contributed by atoms with Gasteiger partial charge in [-0.25, -0.2) is 8.78 Å². The molecule has 1 aromatic rings. The first-order valence-electron chi connectivity index (χ1n) is 7.31. The molecule has 1 saturated heterocycles. The van der Waals surface area contributed by atoms with E-state index in [0.29, 0.717) is 17.9 Å². The fraction of sp³-hybridized carbons (Fsp3) is 0.562. The van der Waals surface area contributed by atoms with Gasteiger partial charge in [0.15, 0.2) is 0 Å². The number of benzene rings is 1. The highest BCUT2D eigenvalue weighted by Crippen LogP contribution is 2.42. The molecule has 1 N–H and O–H groups in total. The van der Waals surface area contributed by atoms with Crippen LogP contribution in [-0.4, -0.2) is 47.6 Å². The van der Waals surface area contributed by atoms with Gasteiger partial charge in [0.1, 0.15) is 5.75 Å². The monoisotopic (exact) mass is 311 g/mol. The fourth-order valence-corrected chi connectivity index (χ4v) is 3.18. The quantitative estimate of drug-likeness (QED) is 0.911. The van der Waals surface area contributed by atoms with E-state index in [1.165, 1.54) is 0 Å². The van der Waals surface area contributed by atoms with Gasteiger partial charge in [-0.2, -0.15) is 0 Å². The van der Waals surface area contributed by atoms with Gasteiger partial charge in [0, 0.05) is 17.4 Å². The number of fused-ring (bicyclic) bond motifs is 1. The van der Waals surface area contributed by atoms with Crippen molar-refractivity contribution < 1.29 is 23.4 Å². The second kappa shape index (κ2) is 4.91. The summed E-state index contributed by atoms with van der Waals surface area (Å²) >= 11 is 0. The van der Waals surface area contributed by atoms with Crippen LogP contribution in [-0.2, 0) is 5.41 Å². The molecule has 0 aromatic heterocycles. The molecule has 1 aromatic carbocycles. The number of nitrogens with zero attached hydrogens (tertiary/aromatic N) is 1. The van der Waals surface area contributed by atoms with Crippen LogP contribution in [0.1, 0.15) is 36.2 Å². The van der Waals surface area contributed by atoms with Crippen LogP contribution in [0.3, 0.4) is 0 Å². The molecule has 4 nitrogen and oxygen atoms in total. The molecule has 1 atom stereocenters. The average Bonchev–Trinajstić information content (AvgIpc) is 2.94. The number of amides is 1. The lowest BCUT2D eigenvalue weighted by atomic mass is 9.86. The first-order chi connectivity index (χ1) is 10.2. The number of halogens is 2. The molecule has 1 unspecified atom stereocenters. The Labute approximate surface area is 127 Å². The van der Waals surface area contributed by atoms with Gasteiger partial charge in [-0.05, 0) is 6.07 Å². The molecule has 0 spiro atoms. The first-order valence-corrected chi connectivity index (χ1v) is 7.31. The molecule has 1 amide bonds. The van der Waals surface area contributed by atoms with Gasteiger partial charge in [-0.1, -0.05) is 26.0 Å². The Morgan fingerprint density at radius 3 is 2.86 bits per heavy atom. The smallest absolute Gasteiger partial charge is 0.267 e. The lowest BCUT2D eigenvalue weighted by Crippen LogP contribution is -2.38. The van der Waals surface area contributed by atoms with Crippen molar-refractivity contribution in [3.63, 3.8) is 0 Å². The molecule has 120 valence electrons. The Morgan fingerprint density at radius 2 is 2.18 bits per heavy atom. The Balaban J connectivity index is 1.96. The Bertz CT molecular complexity index is 615. The lowest BCUT2D eigenvalue weighted by molar-refractivity contribution is 0.0115. The summed E-state index contributed by atoms with van der Waals surface area (Å²) < 4.78 is 32.8. The van der Waals surface area contributed by atoms with E-state index < -0.39 is 37.4 Å². The summed E-state index contributed by atoms with van der Waals surface area (Å²) in [7, 11) is 0. The number of rotatable bonds is 2. The SMILES string of the molecule is CC1(C)COc2c(C(=O)N3CC(F)(F)CC3CO)cccc21. The van der Waals surface area contributed by atoms with Crippen molar-refractivity contribution in [2.75, 3.05) is 19.8 Å². The Morgan fingerprint density at radius 1 is 1.45 bits per heavy atom. The van der Waals surface area contributed by atoms with Crippen molar-refractivity contribution in [2.45, 2.75) is 37.6 Å². The summed E-state index contributed by atoms with van der Waals surface area (Å²) in [5.74, 6) is -2.99. The van der Waals surface area contributed by atoms with Gasteiger partial charge in [-0.3, -0.25) is 4.79 Å². The van der Waals surface area contributed by atoms with Crippen LogP contribution in [0.15, 0.2) is 18.2 Å². The van der Waals surface area contributed by atoms with Gasteiger partial charge in [0.2, 0.25) is 0 Å². The molecule has 2 aliphatic rings. The molecule has 3 rings (SSSR count). The zero-order valence-corrected chi connectivity index (χ0v) is 12.6. The lowest BCUT2D eigenvalue weighted by Gasteiger charge is -2.23. The Kier molecular flexibility index (Phi) is 3.40. The van der Waals surface area contributed by atoms with E-state index in [-0.39, 0.29) is 5.41 Å². The summed E-state index contributed by atoms with van der Waals surface area (Å²) in [6, 6.07) is 4.37. The van der Waals surface area contributed by atoms with Crippen molar-refractivity contribution in [2.24, 2.45) is 0 Å². The predicted octanol–water partition coefficient (Wildman–Crippen LogP) is 2.20. The van der Waals surface area contributed by atoms with Crippen molar-refractivity contribution >= 4 is 5.91 Å². The number of aliphatic hydroxyl groups is 1. The second-order valence-electron chi connectivity index (χ2n) is 6.68. The molecule has 0 saturated carbocycles. The minimum atomic E-state index is -2.96. The zero-order chi connectivity index (χ0) is 16.1. The van der Waals surface area contributed by atoms with Crippen LogP contribution in [0.5, 0.6) is 5.75 Å². The minimum Gasteiger partial charge on any atom is -0.492 e. The predicted molar refractivity (Wildman–Crippen MR) is 76.4 cm³/mol. The number of para-hydroxylation sites is 1. The molecule has 1 fully saturated rings. The second-order valence-corrected chi connectivity index (χ2v) is 6.68.